The molecule has 0 aliphatic heterocycles. The first kappa shape index (κ1) is 25.8. The minimum Gasteiger partial charge on any atom is -0.388 e. The standard InChI is InChI=1S/C28H23F3N2O4/c29-28(30,31)22-5-3-4-20(16-22)14-15-32-26(36)24-6-1-2-7-25(24)33(27(32)37)17-21-10-8-19(9-11-21)12-13-23(35)18-34/h1-13,16,34H,14-15,17-18H2/b13-12+. The van der Waals surface area contributed by atoms with Gasteiger partial charge in [0, 0.05) is 6.54 Å². The second-order valence-corrected chi connectivity index (χ2v) is 8.49. The second kappa shape index (κ2) is 10.8. The number of fused-ring (bicyclic) bond motifs is 1. The van der Waals surface area contributed by atoms with Crippen LogP contribution in [0.25, 0.3) is 17.0 Å². The van der Waals surface area contributed by atoms with Gasteiger partial charge in [-0.25, -0.2) is 4.79 Å². The summed E-state index contributed by atoms with van der Waals surface area (Å²) < 4.78 is 41.7. The molecule has 190 valence electrons. The topological polar surface area (TPSA) is 81.3 Å². The number of halogens is 3. The van der Waals surface area contributed by atoms with Gasteiger partial charge in [0.1, 0.15) is 6.61 Å². The molecule has 0 aliphatic rings. The zero-order chi connectivity index (χ0) is 26.6. The predicted octanol–water partition coefficient (Wildman–Crippen LogP) is 4.05. The van der Waals surface area contributed by atoms with E-state index >= 15 is 0 Å². The van der Waals surface area contributed by atoms with E-state index in [1.165, 1.54) is 22.8 Å². The van der Waals surface area contributed by atoms with Gasteiger partial charge in [0.05, 0.1) is 23.0 Å². The minimum absolute atomic E-state index is 0.0744. The van der Waals surface area contributed by atoms with Crippen molar-refractivity contribution in [3.63, 3.8) is 0 Å². The quantitative estimate of drug-likeness (QED) is 0.364. The molecule has 0 aliphatic carbocycles. The highest BCUT2D eigenvalue weighted by atomic mass is 19.4. The van der Waals surface area contributed by atoms with Crippen molar-refractivity contribution in [3.8, 4) is 0 Å². The first-order valence-corrected chi connectivity index (χ1v) is 11.5. The van der Waals surface area contributed by atoms with Gasteiger partial charge in [-0.15, -0.1) is 0 Å². The van der Waals surface area contributed by atoms with Crippen LogP contribution < -0.4 is 11.2 Å². The van der Waals surface area contributed by atoms with Gasteiger partial charge in [0.2, 0.25) is 0 Å². The Morgan fingerprint density at radius 2 is 1.62 bits per heavy atom. The first-order chi connectivity index (χ1) is 17.7. The van der Waals surface area contributed by atoms with Crippen LogP contribution >= 0.6 is 0 Å². The number of ketones is 1. The highest BCUT2D eigenvalue weighted by Gasteiger charge is 2.30. The molecule has 9 heteroatoms. The molecule has 37 heavy (non-hydrogen) atoms. The fourth-order valence-corrected chi connectivity index (χ4v) is 4.02. The van der Waals surface area contributed by atoms with Crippen molar-refractivity contribution in [2.24, 2.45) is 0 Å². The summed E-state index contributed by atoms with van der Waals surface area (Å²) in [5.74, 6) is -0.422. The SMILES string of the molecule is O=C(/C=C/c1ccc(Cn2c(=O)n(CCc3cccc(C(F)(F)F)c3)c(=O)c3ccccc32)cc1)CO. The normalized spacial score (nSPS) is 11.9. The molecule has 1 N–H and O–H groups in total. The van der Waals surface area contributed by atoms with Crippen LogP contribution in [0, 0.1) is 0 Å². The molecule has 0 radical (unpaired) electrons. The summed E-state index contributed by atoms with van der Waals surface area (Å²) >= 11 is 0. The number of para-hydroxylation sites is 1. The van der Waals surface area contributed by atoms with Gasteiger partial charge < -0.3 is 5.11 Å². The third-order valence-corrected chi connectivity index (χ3v) is 5.95. The van der Waals surface area contributed by atoms with Crippen LogP contribution in [0.3, 0.4) is 0 Å². The van der Waals surface area contributed by atoms with Gasteiger partial charge in [-0.2, -0.15) is 13.2 Å². The van der Waals surface area contributed by atoms with Gasteiger partial charge in [0.15, 0.2) is 5.78 Å². The molecule has 1 heterocycles. The number of aliphatic hydroxyl groups is 1. The number of carbonyl (C=O) groups is 1. The number of hydrogen-bond donors (Lipinski definition) is 1. The molecule has 0 bridgehead atoms. The molecule has 0 atom stereocenters. The van der Waals surface area contributed by atoms with Crippen LogP contribution in [0.5, 0.6) is 0 Å². The van der Waals surface area contributed by atoms with Crippen molar-refractivity contribution >= 4 is 22.8 Å². The molecule has 0 spiro atoms. The van der Waals surface area contributed by atoms with E-state index in [0.29, 0.717) is 16.5 Å². The summed E-state index contributed by atoms with van der Waals surface area (Å²) in [6.07, 6.45) is -1.57. The lowest BCUT2D eigenvalue weighted by Gasteiger charge is -2.15. The number of nitrogens with zero attached hydrogens (tertiary/aromatic N) is 2. The molecule has 4 aromatic rings. The Bertz CT molecular complexity index is 1580. The number of hydrogen-bond acceptors (Lipinski definition) is 4. The summed E-state index contributed by atoms with van der Waals surface area (Å²) in [7, 11) is 0. The maximum Gasteiger partial charge on any atom is 0.416 e. The van der Waals surface area contributed by atoms with Gasteiger partial charge in [0.25, 0.3) is 5.56 Å². The molecule has 0 amide bonds. The minimum atomic E-state index is -4.48. The van der Waals surface area contributed by atoms with E-state index in [1.807, 2.05) is 0 Å². The van der Waals surface area contributed by atoms with Crippen LogP contribution in [-0.2, 0) is 30.5 Å². The molecule has 4 rings (SSSR count). The Balaban J connectivity index is 1.67. The molecule has 0 fully saturated rings. The average molecular weight is 508 g/mol. The largest absolute Gasteiger partial charge is 0.416 e. The van der Waals surface area contributed by atoms with Crippen LogP contribution in [0.2, 0.25) is 0 Å². The van der Waals surface area contributed by atoms with Crippen LogP contribution in [-0.4, -0.2) is 26.6 Å². The lowest BCUT2D eigenvalue weighted by molar-refractivity contribution is -0.137. The van der Waals surface area contributed by atoms with E-state index in [4.69, 9.17) is 5.11 Å². The Morgan fingerprint density at radius 3 is 2.32 bits per heavy atom. The van der Waals surface area contributed by atoms with Crippen LogP contribution in [0.1, 0.15) is 22.3 Å². The van der Waals surface area contributed by atoms with Crippen molar-refractivity contribution in [3.05, 3.63) is 122 Å². The number of alkyl halides is 3. The second-order valence-electron chi connectivity index (χ2n) is 8.49. The van der Waals surface area contributed by atoms with E-state index in [-0.39, 0.29) is 19.5 Å². The van der Waals surface area contributed by atoms with E-state index < -0.39 is 35.4 Å². The van der Waals surface area contributed by atoms with Gasteiger partial charge in [-0.1, -0.05) is 60.7 Å². The maximum atomic E-state index is 13.4. The summed E-state index contributed by atoms with van der Waals surface area (Å²) in [6, 6.07) is 18.6. The number of aromatic nitrogens is 2. The van der Waals surface area contributed by atoms with E-state index in [9.17, 15) is 27.6 Å². The molecule has 6 nitrogen and oxygen atoms in total. The van der Waals surface area contributed by atoms with Crippen molar-refractivity contribution in [1.29, 1.82) is 0 Å². The molecule has 0 saturated carbocycles. The third-order valence-electron chi connectivity index (χ3n) is 5.95. The first-order valence-electron chi connectivity index (χ1n) is 11.5. The number of benzene rings is 3. The Kier molecular flexibility index (Phi) is 7.54. The van der Waals surface area contributed by atoms with Gasteiger partial charge >= 0.3 is 11.9 Å². The lowest BCUT2D eigenvalue weighted by atomic mass is 10.1. The zero-order valence-electron chi connectivity index (χ0n) is 19.6. The highest BCUT2D eigenvalue weighted by molar-refractivity contribution is 5.94. The fourth-order valence-electron chi connectivity index (χ4n) is 4.02. The summed E-state index contributed by atoms with van der Waals surface area (Å²) in [5.41, 5.74) is 0.461. The molecular weight excluding hydrogens is 485 g/mol. The summed E-state index contributed by atoms with van der Waals surface area (Å²) in [5, 5.41) is 9.15. The molecule has 0 unspecified atom stereocenters. The lowest BCUT2D eigenvalue weighted by Crippen LogP contribution is -2.40. The highest BCUT2D eigenvalue weighted by Crippen LogP contribution is 2.29. The maximum absolute atomic E-state index is 13.4. The number of aliphatic hydroxyl groups excluding tert-OH is 1. The van der Waals surface area contributed by atoms with Gasteiger partial charge in [-0.05, 0) is 47.4 Å². The Hall–Kier alpha value is -4.24. The molecule has 1 aromatic heterocycles. The Morgan fingerprint density at radius 1 is 0.892 bits per heavy atom. The molecule has 3 aromatic carbocycles. The zero-order valence-corrected chi connectivity index (χ0v) is 19.6. The van der Waals surface area contributed by atoms with Crippen molar-refractivity contribution < 1.29 is 23.1 Å². The predicted molar refractivity (Wildman–Crippen MR) is 134 cm³/mol. The summed E-state index contributed by atoms with van der Waals surface area (Å²) in [4.78, 5) is 37.8. The van der Waals surface area contributed by atoms with E-state index in [2.05, 4.69) is 0 Å². The monoisotopic (exact) mass is 508 g/mol. The number of rotatable bonds is 8. The molecular formula is C28H23F3N2O4. The van der Waals surface area contributed by atoms with Crippen molar-refractivity contribution in [2.75, 3.05) is 6.61 Å². The van der Waals surface area contributed by atoms with Crippen LogP contribution in [0.15, 0.2) is 88.5 Å². The average Bonchev–Trinajstić information content (AvgIpc) is 2.90. The van der Waals surface area contributed by atoms with Crippen molar-refractivity contribution in [1.82, 2.24) is 9.13 Å². The third kappa shape index (κ3) is 5.95. The summed E-state index contributed by atoms with van der Waals surface area (Å²) in [6.45, 7) is -0.497. The number of carbonyl (C=O) groups excluding carboxylic acids is 1. The smallest absolute Gasteiger partial charge is 0.388 e. The van der Waals surface area contributed by atoms with E-state index in [1.54, 1.807) is 54.6 Å². The van der Waals surface area contributed by atoms with Crippen LogP contribution in [0.4, 0.5) is 13.2 Å². The Labute approximate surface area is 209 Å². The van der Waals surface area contributed by atoms with Crippen molar-refractivity contribution in [2.45, 2.75) is 25.7 Å². The number of aryl methyl sites for hydroxylation is 1. The fraction of sp³-hybridized carbons (Fsp3) is 0.179. The van der Waals surface area contributed by atoms with E-state index in [0.717, 1.165) is 27.8 Å². The van der Waals surface area contributed by atoms with Gasteiger partial charge in [-0.3, -0.25) is 18.7 Å². The molecule has 0 saturated heterocycles.